The maximum atomic E-state index is 12.4. The molecule has 0 spiro atoms. The smallest absolute Gasteiger partial charge is 0.236 e. The van der Waals surface area contributed by atoms with Crippen LogP contribution < -0.4 is 5.32 Å². The van der Waals surface area contributed by atoms with Crippen molar-refractivity contribution in [2.75, 3.05) is 58.9 Å². The van der Waals surface area contributed by atoms with Crippen LogP contribution in [0.15, 0.2) is 0 Å². The number of carbonyl (C=O) groups is 1. The van der Waals surface area contributed by atoms with Gasteiger partial charge in [0.25, 0.3) is 0 Å². The maximum absolute atomic E-state index is 12.4. The molecule has 1 unspecified atom stereocenters. The van der Waals surface area contributed by atoms with Crippen molar-refractivity contribution in [3.05, 3.63) is 0 Å². The summed E-state index contributed by atoms with van der Waals surface area (Å²) < 4.78 is 0. The van der Waals surface area contributed by atoms with Crippen molar-refractivity contribution in [2.24, 2.45) is 5.92 Å². The Morgan fingerprint density at radius 2 is 1.76 bits per heavy atom. The molecule has 1 atom stereocenters. The number of hydrogen-bond acceptors (Lipinski definition) is 4. The first kappa shape index (κ1) is 15.3. The molecule has 0 aromatic carbocycles. The quantitative estimate of drug-likeness (QED) is 0.808. The van der Waals surface area contributed by atoms with E-state index in [0.29, 0.717) is 12.5 Å². The van der Waals surface area contributed by atoms with E-state index in [1.807, 2.05) is 0 Å². The SMILES string of the molecule is CC1CCN(C(=O)CN2CCN(C3CCNC3)CC2)CC1. The molecule has 0 aromatic rings. The third kappa shape index (κ3) is 3.96. The lowest BCUT2D eigenvalue weighted by molar-refractivity contribution is -0.134. The number of amides is 1. The topological polar surface area (TPSA) is 38.8 Å². The molecule has 0 radical (unpaired) electrons. The van der Waals surface area contributed by atoms with Crippen molar-refractivity contribution in [1.82, 2.24) is 20.0 Å². The number of rotatable bonds is 3. The highest BCUT2D eigenvalue weighted by molar-refractivity contribution is 5.78. The number of carbonyl (C=O) groups excluding carboxylic acids is 1. The molecule has 3 fully saturated rings. The Balaban J connectivity index is 1.39. The van der Waals surface area contributed by atoms with Crippen LogP contribution in [-0.4, -0.2) is 85.6 Å². The fourth-order valence-corrected chi connectivity index (χ4v) is 3.79. The Morgan fingerprint density at radius 1 is 1.05 bits per heavy atom. The van der Waals surface area contributed by atoms with Crippen LogP contribution in [-0.2, 0) is 4.79 Å². The third-order valence-corrected chi connectivity index (χ3v) is 5.45. The van der Waals surface area contributed by atoms with Gasteiger partial charge in [-0.2, -0.15) is 0 Å². The molecular weight excluding hydrogens is 264 g/mol. The first-order valence-corrected chi connectivity index (χ1v) is 8.67. The molecule has 3 saturated heterocycles. The second kappa shape index (κ2) is 7.07. The number of likely N-dealkylation sites (tertiary alicyclic amines) is 1. The van der Waals surface area contributed by atoms with Gasteiger partial charge in [0.05, 0.1) is 6.54 Å². The van der Waals surface area contributed by atoms with Crippen molar-refractivity contribution in [1.29, 1.82) is 0 Å². The van der Waals surface area contributed by atoms with Crippen LogP contribution in [0.1, 0.15) is 26.2 Å². The summed E-state index contributed by atoms with van der Waals surface area (Å²) in [5.41, 5.74) is 0. The number of hydrogen-bond donors (Lipinski definition) is 1. The molecule has 0 aliphatic carbocycles. The second-order valence-corrected chi connectivity index (χ2v) is 7.02. The molecule has 0 aromatic heterocycles. The zero-order valence-electron chi connectivity index (χ0n) is 13.4. The van der Waals surface area contributed by atoms with Crippen LogP contribution in [0.25, 0.3) is 0 Å². The number of nitrogens with one attached hydrogen (secondary N) is 1. The fraction of sp³-hybridized carbons (Fsp3) is 0.938. The van der Waals surface area contributed by atoms with Gasteiger partial charge in [0.2, 0.25) is 5.91 Å². The minimum atomic E-state index is 0.345. The summed E-state index contributed by atoms with van der Waals surface area (Å²) in [7, 11) is 0. The van der Waals surface area contributed by atoms with E-state index in [1.165, 1.54) is 19.3 Å². The van der Waals surface area contributed by atoms with E-state index >= 15 is 0 Å². The molecule has 1 N–H and O–H groups in total. The van der Waals surface area contributed by atoms with Gasteiger partial charge in [0, 0.05) is 51.9 Å². The summed E-state index contributed by atoms with van der Waals surface area (Å²) in [6.45, 7) is 11.5. The van der Waals surface area contributed by atoms with Crippen LogP contribution in [0.3, 0.4) is 0 Å². The van der Waals surface area contributed by atoms with Crippen molar-refractivity contribution >= 4 is 5.91 Å². The van der Waals surface area contributed by atoms with Gasteiger partial charge in [-0.05, 0) is 31.7 Å². The highest BCUT2D eigenvalue weighted by Crippen LogP contribution is 2.17. The van der Waals surface area contributed by atoms with Gasteiger partial charge in [-0.15, -0.1) is 0 Å². The summed E-state index contributed by atoms with van der Waals surface area (Å²) in [5, 5.41) is 3.44. The zero-order chi connectivity index (χ0) is 14.7. The molecule has 0 bridgehead atoms. The molecule has 3 rings (SSSR count). The van der Waals surface area contributed by atoms with E-state index in [4.69, 9.17) is 0 Å². The largest absolute Gasteiger partial charge is 0.342 e. The van der Waals surface area contributed by atoms with Crippen LogP contribution >= 0.6 is 0 Å². The fourth-order valence-electron chi connectivity index (χ4n) is 3.79. The summed E-state index contributed by atoms with van der Waals surface area (Å²) in [6, 6.07) is 0.728. The van der Waals surface area contributed by atoms with Gasteiger partial charge in [0.15, 0.2) is 0 Å². The molecule has 0 saturated carbocycles. The van der Waals surface area contributed by atoms with Crippen LogP contribution in [0.4, 0.5) is 0 Å². The first-order chi connectivity index (χ1) is 10.2. The van der Waals surface area contributed by atoms with Gasteiger partial charge in [0.1, 0.15) is 0 Å². The van der Waals surface area contributed by atoms with Gasteiger partial charge in [-0.25, -0.2) is 0 Å². The van der Waals surface area contributed by atoms with Gasteiger partial charge in [-0.3, -0.25) is 14.6 Å². The predicted octanol–water partition coefficient (Wildman–Crippen LogP) is 0.224. The van der Waals surface area contributed by atoms with Crippen molar-refractivity contribution < 1.29 is 4.79 Å². The van der Waals surface area contributed by atoms with E-state index in [2.05, 4.69) is 26.9 Å². The molecule has 3 heterocycles. The molecule has 3 aliphatic rings. The molecule has 120 valence electrons. The molecule has 21 heavy (non-hydrogen) atoms. The lowest BCUT2D eigenvalue weighted by Gasteiger charge is -2.38. The Labute approximate surface area is 128 Å². The number of piperidine rings is 1. The average molecular weight is 294 g/mol. The number of piperazine rings is 1. The Kier molecular flexibility index (Phi) is 5.14. The first-order valence-electron chi connectivity index (χ1n) is 8.67. The van der Waals surface area contributed by atoms with E-state index in [1.54, 1.807) is 0 Å². The molecule has 1 amide bonds. The lowest BCUT2D eigenvalue weighted by atomic mass is 9.99. The zero-order valence-corrected chi connectivity index (χ0v) is 13.4. The highest BCUT2D eigenvalue weighted by atomic mass is 16.2. The highest BCUT2D eigenvalue weighted by Gasteiger charge is 2.28. The van der Waals surface area contributed by atoms with E-state index < -0.39 is 0 Å². The number of nitrogens with zero attached hydrogens (tertiary/aromatic N) is 3. The Bertz CT molecular complexity index is 340. The van der Waals surface area contributed by atoms with Crippen LogP contribution in [0.2, 0.25) is 0 Å². The molecule has 5 nitrogen and oxygen atoms in total. The maximum Gasteiger partial charge on any atom is 0.236 e. The third-order valence-electron chi connectivity index (χ3n) is 5.45. The molecular formula is C16H30N4O. The van der Waals surface area contributed by atoms with Gasteiger partial charge >= 0.3 is 0 Å². The second-order valence-electron chi connectivity index (χ2n) is 7.02. The molecule has 5 heteroatoms. The standard InChI is InChI=1S/C16H30N4O/c1-14-3-6-20(7-4-14)16(21)13-18-8-10-19(11-9-18)15-2-5-17-12-15/h14-15,17H,2-13H2,1H3. The molecule has 3 aliphatic heterocycles. The lowest BCUT2D eigenvalue weighted by Crippen LogP contribution is -2.53. The van der Waals surface area contributed by atoms with E-state index in [9.17, 15) is 4.79 Å². The van der Waals surface area contributed by atoms with Crippen molar-refractivity contribution in [3.63, 3.8) is 0 Å². The van der Waals surface area contributed by atoms with E-state index in [0.717, 1.165) is 64.3 Å². The predicted molar refractivity (Wildman–Crippen MR) is 84.3 cm³/mol. The van der Waals surface area contributed by atoms with E-state index in [-0.39, 0.29) is 0 Å². The van der Waals surface area contributed by atoms with Gasteiger partial charge in [-0.1, -0.05) is 6.92 Å². The van der Waals surface area contributed by atoms with Crippen LogP contribution in [0.5, 0.6) is 0 Å². The monoisotopic (exact) mass is 294 g/mol. The normalized spacial score (nSPS) is 30.0. The summed E-state index contributed by atoms with van der Waals surface area (Å²) in [4.78, 5) is 19.4. The van der Waals surface area contributed by atoms with Gasteiger partial charge < -0.3 is 10.2 Å². The minimum Gasteiger partial charge on any atom is -0.342 e. The average Bonchev–Trinajstić information content (AvgIpc) is 3.03. The van der Waals surface area contributed by atoms with Crippen molar-refractivity contribution in [3.8, 4) is 0 Å². The minimum absolute atomic E-state index is 0.345. The Hall–Kier alpha value is -0.650. The summed E-state index contributed by atoms with van der Waals surface area (Å²) in [6.07, 6.45) is 3.63. The van der Waals surface area contributed by atoms with Crippen molar-refractivity contribution in [2.45, 2.75) is 32.2 Å². The summed E-state index contributed by atoms with van der Waals surface area (Å²) in [5.74, 6) is 1.13. The Morgan fingerprint density at radius 3 is 2.38 bits per heavy atom. The van der Waals surface area contributed by atoms with Crippen LogP contribution in [0, 0.1) is 5.92 Å². The summed E-state index contributed by atoms with van der Waals surface area (Å²) >= 11 is 0.